The zero-order chi connectivity index (χ0) is 9.80. The van der Waals surface area contributed by atoms with Crippen molar-refractivity contribution >= 4 is 0 Å². The van der Waals surface area contributed by atoms with E-state index in [2.05, 4.69) is 22.4 Å². The molecule has 0 saturated heterocycles. The Hall–Kier alpha value is -0.900. The minimum absolute atomic E-state index is 0.693. The van der Waals surface area contributed by atoms with Crippen LogP contribution in [0.4, 0.5) is 0 Å². The van der Waals surface area contributed by atoms with Gasteiger partial charge in [-0.25, -0.2) is 0 Å². The van der Waals surface area contributed by atoms with Gasteiger partial charge < -0.3 is 9.84 Å². The van der Waals surface area contributed by atoms with Gasteiger partial charge in [-0.05, 0) is 25.2 Å². The topological polar surface area (TPSA) is 51.0 Å². The van der Waals surface area contributed by atoms with E-state index < -0.39 is 0 Å². The standard InChI is InChI=1S/C10H17N3O/c1-2-9(8-3-4-8)11-6-5-10-12-7-13-14-10/h7-9,11H,2-6H2,1H3. The number of rotatable bonds is 6. The maximum Gasteiger partial charge on any atom is 0.227 e. The fraction of sp³-hybridized carbons (Fsp3) is 0.800. The third kappa shape index (κ3) is 2.54. The molecule has 4 nitrogen and oxygen atoms in total. The molecule has 0 aromatic carbocycles. The molecule has 14 heavy (non-hydrogen) atoms. The first-order valence-corrected chi connectivity index (χ1v) is 5.39. The average molecular weight is 195 g/mol. The number of nitrogens with zero attached hydrogens (tertiary/aromatic N) is 2. The van der Waals surface area contributed by atoms with E-state index >= 15 is 0 Å². The number of aromatic nitrogens is 2. The quantitative estimate of drug-likeness (QED) is 0.745. The second-order valence-corrected chi connectivity index (χ2v) is 3.89. The molecular formula is C10H17N3O. The first-order valence-electron chi connectivity index (χ1n) is 5.39. The number of hydrogen-bond donors (Lipinski definition) is 1. The van der Waals surface area contributed by atoms with Crippen LogP contribution in [-0.2, 0) is 6.42 Å². The summed E-state index contributed by atoms with van der Waals surface area (Å²) in [5.41, 5.74) is 0. The third-order valence-corrected chi connectivity index (χ3v) is 2.78. The lowest BCUT2D eigenvalue weighted by Gasteiger charge is -2.14. The van der Waals surface area contributed by atoms with Gasteiger partial charge in [0.25, 0.3) is 0 Å². The minimum Gasteiger partial charge on any atom is -0.340 e. The van der Waals surface area contributed by atoms with Crippen LogP contribution in [0.5, 0.6) is 0 Å². The fourth-order valence-corrected chi connectivity index (χ4v) is 1.81. The fourth-order valence-electron chi connectivity index (χ4n) is 1.81. The van der Waals surface area contributed by atoms with Crippen LogP contribution in [0.2, 0.25) is 0 Å². The molecule has 1 aliphatic rings. The van der Waals surface area contributed by atoms with E-state index in [-0.39, 0.29) is 0 Å². The van der Waals surface area contributed by atoms with Crippen LogP contribution in [0.1, 0.15) is 32.1 Å². The van der Waals surface area contributed by atoms with Gasteiger partial charge in [0.1, 0.15) is 0 Å². The Kier molecular flexibility index (Phi) is 3.14. The second-order valence-electron chi connectivity index (χ2n) is 3.89. The zero-order valence-electron chi connectivity index (χ0n) is 8.57. The summed E-state index contributed by atoms with van der Waals surface area (Å²) >= 11 is 0. The summed E-state index contributed by atoms with van der Waals surface area (Å²) in [6.07, 6.45) is 6.30. The Morgan fingerprint density at radius 3 is 3.07 bits per heavy atom. The van der Waals surface area contributed by atoms with Crippen molar-refractivity contribution in [2.45, 2.75) is 38.6 Å². The van der Waals surface area contributed by atoms with Crippen LogP contribution >= 0.6 is 0 Å². The predicted molar refractivity (Wildman–Crippen MR) is 52.8 cm³/mol. The van der Waals surface area contributed by atoms with Gasteiger partial charge >= 0.3 is 0 Å². The van der Waals surface area contributed by atoms with Crippen LogP contribution in [0.25, 0.3) is 0 Å². The second kappa shape index (κ2) is 4.55. The van der Waals surface area contributed by atoms with E-state index in [4.69, 9.17) is 4.52 Å². The third-order valence-electron chi connectivity index (χ3n) is 2.78. The minimum atomic E-state index is 0.693. The van der Waals surface area contributed by atoms with Gasteiger partial charge in [0.15, 0.2) is 6.33 Å². The largest absolute Gasteiger partial charge is 0.340 e. The molecule has 78 valence electrons. The number of hydrogen-bond acceptors (Lipinski definition) is 4. The van der Waals surface area contributed by atoms with Crippen molar-refractivity contribution in [2.24, 2.45) is 5.92 Å². The molecule has 0 aliphatic heterocycles. The van der Waals surface area contributed by atoms with E-state index in [0.29, 0.717) is 6.04 Å². The lowest BCUT2D eigenvalue weighted by atomic mass is 10.1. The highest BCUT2D eigenvalue weighted by molar-refractivity contribution is 4.86. The molecule has 1 N–H and O–H groups in total. The summed E-state index contributed by atoms with van der Waals surface area (Å²) in [5, 5.41) is 7.12. The molecule has 1 aliphatic carbocycles. The Labute approximate surface area is 84.1 Å². The highest BCUT2D eigenvalue weighted by atomic mass is 16.5. The van der Waals surface area contributed by atoms with Gasteiger partial charge in [0, 0.05) is 19.0 Å². The Morgan fingerprint density at radius 2 is 2.50 bits per heavy atom. The van der Waals surface area contributed by atoms with E-state index in [9.17, 15) is 0 Å². The molecule has 0 amide bonds. The van der Waals surface area contributed by atoms with Crippen molar-refractivity contribution in [2.75, 3.05) is 6.54 Å². The van der Waals surface area contributed by atoms with Crippen LogP contribution < -0.4 is 5.32 Å². The highest BCUT2D eigenvalue weighted by Crippen LogP contribution is 2.33. The summed E-state index contributed by atoms with van der Waals surface area (Å²) in [5.74, 6) is 1.64. The van der Waals surface area contributed by atoms with Gasteiger partial charge in [0.05, 0.1) is 0 Å². The van der Waals surface area contributed by atoms with E-state index in [1.807, 2.05) is 0 Å². The summed E-state index contributed by atoms with van der Waals surface area (Å²) in [6, 6.07) is 0.693. The maximum atomic E-state index is 4.92. The Morgan fingerprint density at radius 1 is 1.64 bits per heavy atom. The zero-order valence-corrected chi connectivity index (χ0v) is 8.57. The van der Waals surface area contributed by atoms with Crippen molar-refractivity contribution in [1.29, 1.82) is 0 Å². The van der Waals surface area contributed by atoms with Crippen LogP contribution in [0.15, 0.2) is 10.9 Å². The number of nitrogens with one attached hydrogen (secondary N) is 1. The normalized spacial score (nSPS) is 18.4. The summed E-state index contributed by atoms with van der Waals surface area (Å²) < 4.78 is 4.92. The van der Waals surface area contributed by atoms with Gasteiger partial charge in [-0.1, -0.05) is 12.1 Å². The highest BCUT2D eigenvalue weighted by Gasteiger charge is 2.29. The molecule has 1 fully saturated rings. The lowest BCUT2D eigenvalue weighted by Crippen LogP contribution is -2.32. The Balaban J connectivity index is 1.66. The van der Waals surface area contributed by atoms with Crippen molar-refractivity contribution < 1.29 is 4.52 Å². The molecular weight excluding hydrogens is 178 g/mol. The monoisotopic (exact) mass is 195 g/mol. The van der Waals surface area contributed by atoms with E-state index in [1.165, 1.54) is 25.6 Å². The summed E-state index contributed by atoms with van der Waals surface area (Å²) in [7, 11) is 0. The molecule has 1 atom stereocenters. The summed E-state index contributed by atoms with van der Waals surface area (Å²) in [4.78, 5) is 3.98. The van der Waals surface area contributed by atoms with Crippen molar-refractivity contribution in [3.05, 3.63) is 12.2 Å². The molecule has 1 unspecified atom stereocenters. The van der Waals surface area contributed by atoms with Gasteiger partial charge in [-0.2, -0.15) is 4.98 Å². The maximum absolute atomic E-state index is 4.92. The van der Waals surface area contributed by atoms with Crippen molar-refractivity contribution in [1.82, 2.24) is 15.5 Å². The SMILES string of the molecule is CCC(NCCc1ncno1)C1CC1. The smallest absolute Gasteiger partial charge is 0.227 e. The average Bonchev–Trinajstić information content (AvgIpc) is 2.91. The van der Waals surface area contributed by atoms with E-state index in [1.54, 1.807) is 0 Å². The predicted octanol–water partition coefficient (Wildman–Crippen LogP) is 1.39. The van der Waals surface area contributed by atoms with Crippen LogP contribution in [0.3, 0.4) is 0 Å². The molecule has 1 aromatic rings. The lowest BCUT2D eigenvalue weighted by molar-refractivity contribution is 0.366. The molecule has 0 spiro atoms. The first-order chi connectivity index (χ1) is 6.90. The molecule has 1 heterocycles. The van der Waals surface area contributed by atoms with Gasteiger partial charge in [0.2, 0.25) is 5.89 Å². The Bertz CT molecular complexity index is 256. The van der Waals surface area contributed by atoms with Crippen LogP contribution in [0, 0.1) is 5.92 Å². The summed E-state index contributed by atoms with van der Waals surface area (Å²) in [6.45, 7) is 3.18. The van der Waals surface area contributed by atoms with Crippen molar-refractivity contribution in [3.8, 4) is 0 Å². The van der Waals surface area contributed by atoms with E-state index in [0.717, 1.165) is 24.8 Å². The molecule has 4 heteroatoms. The first kappa shape index (κ1) is 9.65. The molecule has 1 saturated carbocycles. The van der Waals surface area contributed by atoms with Gasteiger partial charge in [-0.3, -0.25) is 0 Å². The molecule has 1 aromatic heterocycles. The van der Waals surface area contributed by atoms with Crippen LogP contribution in [-0.4, -0.2) is 22.7 Å². The van der Waals surface area contributed by atoms with Gasteiger partial charge in [-0.15, -0.1) is 0 Å². The van der Waals surface area contributed by atoms with Crippen molar-refractivity contribution in [3.63, 3.8) is 0 Å². The molecule has 2 rings (SSSR count). The molecule has 0 radical (unpaired) electrons. The molecule has 0 bridgehead atoms.